The Labute approximate surface area is 139 Å². The van der Waals surface area contributed by atoms with Crippen molar-refractivity contribution in [3.05, 3.63) is 21.9 Å². The third-order valence-electron chi connectivity index (χ3n) is 4.07. The number of likely N-dealkylation sites (N-methyl/N-ethyl adjacent to an activating group) is 2. The lowest BCUT2D eigenvalue weighted by atomic mass is 10.1. The Bertz CT molecular complexity index is 616. The van der Waals surface area contributed by atoms with Crippen LogP contribution in [-0.2, 0) is 16.1 Å². The number of carbonyl (C=O) groups is 3. The molecule has 1 aromatic rings. The molecule has 1 aliphatic rings. The Morgan fingerprint density at radius 2 is 2.09 bits per heavy atom. The van der Waals surface area contributed by atoms with E-state index < -0.39 is 12.1 Å². The fraction of sp³-hybridized carbons (Fsp3) is 0.533. The summed E-state index contributed by atoms with van der Waals surface area (Å²) in [5, 5.41) is 11.2. The largest absolute Gasteiger partial charge is 0.395 e. The molecule has 1 saturated heterocycles. The summed E-state index contributed by atoms with van der Waals surface area (Å²) in [5.41, 5.74) is 1.09. The maximum Gasteiger partial charge on any atom is 0.326 e. The SMILES string of the molecule is Cc1ccsc1CN(CCO)C(=O)C[C@H]1C(=O)N(C)C(=O)N1C. The first kappa shape index (κ1) is 17.4. The lowest BCUT2D eigenvalue weighted by molar-refractivity contribution is -0.137. The van der Waals surface area contributed by atoms with Crippen molar-refractivity contribution in [1.29, 1.82) is 0 Å². The number of rotatable bonds is 6. The first-order valence-electron chi connectivity index (χ1n) is 7.32. The van der Waals surface area contributed by atoms with Crippen LogP contribution >= 0.6 is 11.3 Å². The van der Waals surface area contributed by atoms with Crippen LogP contribution < -0.4 is 0 Å². The van der Waals surface area contributed by atoms with Gasteiger partial charge in [-0.25, -0.2) is 4.79 Å². The number of nitrogens with zero attached hydrogens (tertiary/aromatic N) is 3. The number of aryl methyl sites for hydroxylation is 1. The number of aliphatic hydroxyl groups is 1. The second-order valence-electron chi connectivity index (χ2n) is 5.58. The van der Waals surface area contributed by atoms with E-state index in [1.807, 2.05) is 18.4 Å². The van der Waals surface area contributed by atoms with Gasteiger partial charge in [0.15, 0.2) is 0 Å². The number of carbonyl (C=O) groups excluding carboxylic acids is 3. The van der Waals surface area contributed by atoms with Crippen LogP contribution in [0.15, 0.2) is 11.4 Å². The summed E-state index contributed by atoms with van der Waals surface area (Å²) < 4.78 is 0. The number of hydrogen-bond acceptors (Lipinski definition) is 5. The molecule has 0 saturated carbocycles. The molecule has 23 heavy (non-hydrogen) atoms. The molecule has 1 N–H and O–H groups in total. The number of hydrogen-bond donors (Lipinski definition) is 1. The lowest BCUT2D eigenvalue weighted by Gasteiger charge is -2.24. The van der Waals surface area contributed by atoms with E-state index in [0.717, 1.165) is 15.3 Å². The molecule has 0 unspecified atom stereocenters. The first-order chi connectivity index (χ1) is 10.9. The molecule has 0 radical (unpaired) electrons. The molecular formula is C15H21N3O4S. The van der Waals surface area contributed by atoms with Crippen LogP contribution in [0.4, 0.5) is 4.79 Å². The van der Waals surface area contributed by atoms with Crippen molar-refractivity contribution in [2.45, 2.75) is 25.9 Å². The van der Waals surface area contributed by atoms with Gasteiger partial charge in [-0.2, -0.15) is 0 Å². The van der Waals surface area contributed by atoms with Crippen molar-refractivity contribution in [2.24, 2.45) is 0 Å². The Kier molecular flexibility index (Phi) is 5.38. The molecule has 1 atom stereocenters. The summed E-state index contributed by atoms with van der Waals surface area (Å²) in [5.74, 6) is -0.623. The maximum atomic E-state index is 12.5. The van der Waals surface area contributed by atoms with Crippen LogP contribution in [0.5, 0.6) is 0 Å². The van der Waals surface area contributed by atoms with Crippen molar-refractivity contribution in [1.82, 2.24) is 14.7 Å². The third-order valence-corrected chi connectivity index (χ3v) is 5.07. The molecule has 0 aromatic carbocycles. The van der Waals surface area contributed by atoms with Gasteiger partial charge in [-0.15, -0.1) is 11.3 Å². The quantitative estimate of drug-likeness (QED) is 0.772. The van der Waals surface area contributed by atoms with E-state index in [1.165, 1.54) is 23.9 Å². The topological polar surface area (TPSA) is 81.2 Å². The summed E-state index contributed by atoms with van der Waals surface area (Å²) in [6.45, 7) is 2.42. The molecule has 0 bridgehead atoms. The van der Waals surface area contributed by atoms with E-state index in [9.17, 15) is 19.5 Å². The highest BCUT2D eigenvalue weighted by Crippen LogP contribution is 2.21. The monoisotopic (exact) mass is 339 g/mol. The van der Waals surface area contributed by atoms with Crippen LogP contribution in [0, 0.1) is 6.92 Å². The Morgan fingerprint density at radius 1 is 1.39 bits per heavy atom. The van der Waals surface area contributed by atoms with Crippen molar-refractivity contribution in [3.8, 4) is 0 Å². The van der Waals surface area contributed by atoms with Crippen LogP contribution in [0.2, 0.25) is 0 Å². The number of urea groups is 1. The van der Waals surface area contributed by atoms with E-state index in [2.05, 4.69) is 0 Å². The van der Waals surface area contributed by atoms with Gasteiger partial charge in [0, 0.05) is 25.5 Å². The number of aliphatic hydroxyl groups excluding tert-OH is 1. The standard InChI is InChI=1S/C15H21N3O4S/c1-10-4-7-23-12(10)9-18(5-6-19)13(20)8-11-14(21)17(3)15(22)16(11)2/h4,7,11,19H,5-6,8-9H2,1-3H3/t11-/m0/s1. The van der Waals surface area contributed by atoms with Gasteiger partial charge in [-0.05, 0) is 23.9 Å². The lowest BCUT2D eigenvalue weighted by Crippen LogP contribution is -2.40. The highest BCUT2D eigenvalue weighted by atomic mass is 32.1. The molecule has 7 nitrogen and oxygen atoms in total. The maximum absolute atomic E-state index is 12.5. The highest BCUT2D eigenvalue weighted by Gasteiger charge is 2.42. The Morgan fingerprint density at radius 3 is 2.57 bits per heavy atom. The minimum Gasteiger partial charge on any atom is -0.395 e. The fourth-order valence-electron chi connectivity index (χ4n) is 2.52. The molecule has 4 amide bonds. The van der Waals surface area contributed by atoms with Gasteiger partial charge < -0.3 is 14.9 Å². The summed E-state index contributed by atoms with van der Waals surface area (Å²) in [7, 11) is 2.92. The predicted molar refractivity (Wildman–Crippen MR) is 85.9 cm³/mol. The minimum atomic E-state index is -0.773. The smallest absolute Gasteiger partial charge is 0.326 e. The average Bonchev–Trinajstić information content (AvgIpc) is 3.00. The Balaban J connectivity index is 2.08. The minimum absolute atomic E-state index is 0.0736. The molecule has 0 aliphatic carbocycles. The molecule has 126 valence electrons. The first-order valence-corrected chi connectivity index (χ1v) is 8.20. The summed E-state index contributed by atoms with van der Waals surface area (Å²) in [6.07, 6.45) is -0.0736. The van der Waals surface area contributed by atoms with Crippen LogP contribution in [0.1, 0.15) is 16.9 Å². The molecule has 1 fully saturated rings. The number of amides is 4. The normalized spacial score (nSPS) is 18.0. The summed E-state index contributed by atoms with van der Waals surface area (Å²) >= 11 is 1.55. The highest BCUT2D eigenvalue weighted by molar-refractivity contribution is 7.10. The van der Waals surface area contributed by atoms with E-state index >= 15 is 0 Å². The zero-order valence-electron chi connectivity index (χ0n) is 13.5. The van der Waals surface area contributed by atoms with Crippen LogP contribution in [-0.4, -0.2) is 70.9 Å². The second-order valence-corrected chi connectivity index (χ2v) is 6.58. The van der Waals surface area contributed by atoms with Gasteiger partial charge in [0.2, 0.25) is 5.91 Å². The molecule has 2 heterocycles. The second kappa shape index (κ2) is 7.10. The van der Waals surface area contributed by atoms with Gasteiger partial charge >= 0.3 is 6.03 Å². The average molecular weight is 339 g/mol. The molecular weight excluding hydrogens is 318 g/mol. The van der Waals surface area contributed by atoms with Crippen molar-refractivity contribution < 1.29 is 19.5 Å². The third kappa shape index (κ3) is 3.53. The van der Waals surface area contributed by atoms with Gasteiger partial charge in [-0.3, -0.25) is 14.5 Å². The summed E-state index contributed by atoms with van der Waals surface area (Å²) in [6, 6.07) is 0.796. The Hall–Kier alpha value is -1.93. The molecule has 2 rings (SSSR count). The van der Waals surface area contributed by atoms with Gasteiger partial charge in [0.25, 0.3) is 5.91 Å². The molecule has 0 spiro atoms. The van der Waals surface area contributed by atoms with E-state index in [4.69, 9.17) is 0 Å². The summed E-state index contributed by atoms with van der Waals surface area (Å²) in [4.78, 5) is 41.3. The van der Waals surface area contributed by atoms with Gasteiger partial charge in [-0.1, -0.05) is 0 Å². The number of imide groups is 1. The van der Waals surface area contributed by atoms with Crippen LogP contribution in [0.3, 0.4) is 0 Å². The predicted octanol–water partition coefficient (Wildman–Crippen LogP) is 0.660. The molecule has 1 aliphatic heterocycles. The number of thiophene rings is 1. The molecule has 8 heteroatoms. The van der Waals surface area contributed by atoms with Gasteiger partial charge in [0.1, 0.15) is 6.04 Å². The van der Waals surface area contributed by atoms with E-state index in [1.54, 1.807) is 11.3 Å². The zero-order chi connectivity index (χ0) is 17.1. The van der Waals surface area contributed by atoms with Crippen LogP contribution in [0.25, 0.3) is 0 Å². The molecule has 1 aromatic heterocycles. The van der Waals surface area contributed by atoms with E-state index in [0.29, 0.717) is 6.54 Å². The zero-order valence-corrected chi connectivity index (χ0v) is 14.3. The van der Waals surface area contributed by atoms with Crippen molar-refractivity contribution >= 4 is 29.2 Å². The fourth-order valence-corrected chi connectivity index (χ4v) is 3.44. The van der Waals surface area contributed by atoms with Gasteiger partial charge in [0.05, 0.1) is 19.6 Å². The van der Waals surface area contributed by atoms with Crippen molar-refractivity contribution in [2.75, 3.05) is 27.2 Å². The van der Waals surface area contributed by atoms with E-state index in [-0.39, 0.29) is 31.4 Å². The van der Waals surface area contributed by atoms with Crippen molar-refractivity contribution in [3.63, 3.8) is 0 Å².